The van der Waals surface area contributed by atoms with Crippen LogP contribution >= 0.6 is 11.3 Å². The fourth-order valence-electron chi connectivity index (χ4n) is 1.92. The van der Waals surface area contributed by atoms with Crippen molar-refractivity contribution in [2.75, 3.05) is 6.54 Å². The van der Waals surface area contributed by atoms with E-state index in [1.54, 1.807) is 11.3 Å². The van der Waals surface area contributed by atoms with Gasteiger partial charge < -0.3 is 5.32 Å². The topological polar surface area (TPSA) is 42.0 Å². The van der Waals surface area contributed by atoms with Crippen LogP contribution in [0, 0.1) is 6.92 Å². The second-order valence-corrected chi connectivity index (χ2v) is 5.46. The number of nitrogens with zero attached hydrogens (tertiary/aromatic N) is 1. The van der Waals surface area contributed by atoms with Gasteiger partial charge in [0.1, 0.15) is 0 Å². The number of thiazole rings is 1. The molecular weight excluding hydrogens is 268 g/mol. The fraction of sp³-hybridized carbons (Fsp3) is 0.500. The number of rotatable bonds is 5. The molecule has 0 radical (unpaired) electrons. The van der Waals surface area contributed by atoms with Gasteiger partial charge in [-0.1, -0.05) is 37.6 Å². The molecule has 1 aliphatic carbocycles. The normalized spacial score (nSPS) is 13.2. The summed E-state index contributed by atoms with van der Waals surface area (Å²) in [7, 11) is 0. The summed E-state index contributed by atoms with van der Waals surface area (Å²) >= 11 is 1.58. The molecular formula is C16H24N2OS. The van der Waals surface area contributed by atoms with Crippen molar-refractivity contribution < 1.29 is 4.79 Å². The highest BCUT2D eigenvalue weighted by atomic mass is 32.1. The van der Waals surface area contributed by atoms with Crippen molar-refractivity contribution in [3.8, 4) is 0 Å². The zero-order chi connectivity index (χ0) is 14.8. The highest BCUT2D eigenvalue weighted by Gasteiger charge is 2.06. The summed E-state index contributed by atoms with van der Waals surface area (Å²) in [4.78, 5) is 16.0. The second kappa shape index (κ2) is 9.48. The monoisotopic (exact) mass is 292 g/mol. The number of aromatic nitrogens is 1. The van der Waals surface area contributed by atoms with E-state index >= 15 is 0 Å². The average Bonchev–Trinajstić information content (AvgIpc) is 2.87. The molecule has 0 fully saturated rings. The number of hydrogen-bond acceptors (Lipinski definition) is 3. The molecule has 110 valence electrons. The Balaban J connectivity index is 0.000000956. The summed E-state index contributed by atoms with van der Waals surface area (Å²) in [5.41, 5.74) is 2.19. The Hall–Kier alpha value is -1.42. The lowest BCUT2D eigenvalue weighted by Crippen LogP contribution is -2.26. The minimum Gasteiger partial charge on any atom is -0.355 e. The van der Waals surface area contributed by atoms with E-state index in [-0.39, 0.29) is 5.91 Å². The summed E-state index contributed by atoms with van der Waals surface area (Å²) in [6.07, 6.45) is 10.2. The third kappa shape index (κ3) is 6.15. The molecule has 1 heterocycles. The number of aryl methyl sites for hydroxylation is 1. The molecule has 20 heavy (non-hydrogen) atoms. The van der Waals surface area contributed by atoms with E-state index in [1.165, 1.54) is 5.57 Å². The Bertz CT molecular complexity index is 475. The maximum atomic E-state index is 11.7. The van der Waals surface area contributed by atoms with Crippen molar-refractivity contribution in [3.05, 3.63) is 39.9 Å². The van der Waals surface area contributed by atoms with Crippen LogP contribution in [0.15, 0.2) is 29.2 Å². The van der Waals surface area contributed by atoms with Gasteiger partial charge in [0.15, 0.2) is 0 Å². The standard InChI is InChI=1S/C14H18N2OS.C2H6/c1-11-16-13(10-18-11)9-14(17)15-8-7-12-5-3-2-4-6-12;1-2/h3,5-6,10H,2,4,7-9H2,1H3,(H,15,17);1-2H3. The number of amides is 1. The van der Waals surface area contributed by atoms with E-state index in [1.807, 2.05) is 26.2 Å². The summed E-state index contributed by atoms with van der Waals surface area (Å²) < 4.78 is 0. The first-order chi connectivity index (χ1) is 9.74. The van der Waals surface area contributed by atoms with Crippen LogP contribution in [0.4, 0.5) is 0 Å². The zero-order valence-corrected chi connectivity index (χ0v) is 13.4. The van der Waals surface area contributed by atoms with E-state index in [0.29, 0.717) is 13.0 Å². The molecule has 1 aromatic heterocycles. The lowest BCUT2D eigenvalue weighted by atomic mass is 10.0. The van der Waals surface area contributed by atoms with Gasteiger partial charge in [0.25, 0.3) is 0 Å². The Kier molecular flexibility index (Phi) is 7.88. The number of allylic oxidation sites excluding steroid dienone is 3. The van der Waals surface area contributed by atoms with Gasteiger partial charge in [0.05, 0.1) is 17.1 Å². The summed E-state index contributed by atoms with van der Waals surface area (Å²) in [5, 5.41) is 5.89. The quantitative estimate of drug-likeness (QED) is 0.897. The zero-order valence-electron chi connectivity index (χ0n) is 12.6. The van der Waals surface area contributed by atoms with Gasteiger partial charge in [-0.3, -0.25) is 4.79 Å². The molecule has 0 aliphatic heterocycles. The summed E-state index contributed by atoms with van der Waals surface area (Å²) in [6.45, 7) is 6.66. The molecule has 0 spiro atoms. The lowest BCUT2D eigenvalue weighted by molar-refractivity contribution is -0.120. The molecule has 0 unspecified atom stereocenters. The maximum Gasteiger partial charge on any atom is 0.226 e. The first-order valence-corrected chi connectivity index (χ1v) is 8.15. The Labute approximate surface area is 125 Å². The molecule has 1 N–H and O–H groups in total. The van der Waals surface area contributed by atoms with Gasteiger partial charge in [0, 0.05) is 11.9 Å². The molecule has 4 heteroatoms. The minimum atomic E-state index is 0.0562. The highest BCUT2D eigenvalue weighted by molar-refractivity contribution is 7.09. The van der Waals surface area contributed by atoms with E-state index < -0.39 is 0 Å². The van der Waals surface area contributed by atoms with Crippen LogP contribution in [0.3, 0.4) is 0 Å². The Morgan fingerprint density at radius 1 is 1.40 bits per heavy atom. The van der Waals surface area contributed by atoms with E-state index in [9.17, 15) is 4.79 Å². The van der Waals surface area contributed by atoms with Crippen LogP contribution < -0.4 is 5.32 Å². The molecule has 2 rings (SSSR count). The van der Waals surface area contributed by atoms with Crippen molar-refractivity contribution in [3.63, 3.8) is 0 Å². The van der Waals surface area contributed by atoms with Crippen molar-refractivity contribution in [1.29, 1.82) is 0 Å². The smallest absolute Gasteiger partial charge is 0.226 e. The largest absolute Gasteiger partial charge is 0.355 e. The van der Waals surface area contributed by atoms with E-state index in [0.717, 1.165) is 30.0 Å². The van der Waals surface area contributed by atoms with Gasteiger partial charge in [-0.15, -0.1) is 11.3 Å². The van der Waals surface area contributed by atoms with Crippen molar-refractivity contribution in [1.82, 2.24) is 10.3 Å². The molecule has 1 aromatic rings. The first-order valence-electron chi connectivity index (χ1n) is 7.27. The molecule has 1 aliphatic rings. The molecule has 0 atom stereocenters. The summed E-state index contributed by atoms with van der Waals surface area (Å²) in [6, 6.07) is 0. The molecule has 0 saturated heterocycles. The van der Waals surface area contributed by atoms with E-state index in [4.69, 9.17) is 0 Å². The SMILES string of the molecule is CC.Cc1nc(CC(=O)NCCC2=CCCC=C2)cs1. The highest BCUT2D eigenvalue weighted by Crippen LogP contribution is 2.12. The Morgan fingerprint density at radius 2 is 2.20 bits per heavy atom. The van der Waals surface area contributed by atoms with Gasteiger partial charge in [-0.25, -0.2) is 4.98 Å². The van der Waals surface area contributed by atoms with Crippen LogP contribution in [-0.2, 0) is 11.2 Å². The first kappa shape index (κ1) is 16.6. The molecule has 3 nitrogen and oxygen atoms in total. The molecule has 1 amide bonds. The van der Waals surface area contributed by atoms with Gasteiger partial charge in [-0.2, -0.15) is 0 Å². The van der Waals surface area contributed by atoms with E-state index in [2.05, 4.69) is 28.5 Å². The Morgan fingerprint density at radius 3 is 2.80 bits per heavy atom. The molecule has 0 saturated carbocycles. The van der Waals surface area contributed by atoms with Crippen molar-refractivity contribution in [2.24, 2.45) is 0 Å². The third-order valence-corrected chi connectivity index (χ3v) is 3.64. The van der Waals surface area contributed by atoms with Gasteiger partial charge in [-0.05, 0) is 26.2 Å². The van der Waals surface area contributed by atoms with Crippen molar-refractivity contribution >= 4 is 17.2 Å². The lowest BCUT2D eigenvalue weighted by Gasteiger charge is -2.07. The second-order valence-electron chi connectivity index (χ2n) is 4.39. The fourth-order valence-corrected chi connectivity index (χ4v) is 2.53. The molecule has 0 bridgehead atoms. The van der Waals surface area contributed by atoms with Crippen LogP contribution in [0.1, 0.15) is 43.8 Å². The number of nitrogens with one attached hydrogen (secondary N) is 1. The van der Waals surface area contributed by atoms with Crippen molar-refractivity contribution in [2.45, 2.75) is 46.5 Å². The number of hydrogen-bond donors (Lipinski definition) is 1. The third-order valence-electron chi connectivity index (χ3n) is 2.82. The molecule has 0 aromatic carbocycles. The number of carbonyl (C=O) groups excluding carboxylic acids is 1. The predicted octanol–water partition coefficient (Wildman–Crippen LogP) is 3.80. The van der Waals surface area contributed by atoms with Gasteiger partial charge >= 0.3 is 0 Å². The van der Waals surface area contributed by atoms with Gasteiger partial charge in [0.2, 0.25) is 5.91 Å². The van der Waals surface area contributed by atoms with Crippen LogP contribution in [-0.4, -0.2) is 17.4 Å². The van der Waals surface area contributed by atoms with Crippen LogP contribution in [0.5, 0.6) is 0 Å². The minimum absolute atomic E-state index is 0.0562. The van der Waals surface area contributed by atoms with Crippen LogP contribution in [0.25, 0.3) is 0 Å². The predicted molar refractivity (Wildman–Crippen MR) is 86.0 cm³/mol. The number of carbonyl (C=O) groups is 1. The van der Waals surface area contributed by atoms with Crippen LogP contribution in [0.2, 0.25) is 0 Å². The summed E-state index contributed by atoms with van der Waals surface area (Å²) in [5.74, 6) is 0.0562. The average molecular weight is 292 g/mol. The maximum absolute atomic E-state index is 11.7.